The Balaban J connectivity index is 1.39. The standard InChI is InChI=1S/C20H25N7O2/c1-24-18(10-19(28)25(2)20(24)29)26-9-8-16(14-26)21-11-17-12-22-23-27(17)13-15-6-4-3-5-7-15/h3-7,10,12,16,21H,8-9,11,13-14H2,1-2H3/t16-/m1/s1. The van der Waals surface area contributed by atoms with Crippen molar-refractivity contribution >= 4 is 5.82 Å². The normalized spacial score (nSPS) is 16.5. The third-order valence-electron chi connectivity index (χ3n) is 5.46. The number of rotatable bonds is 6. The van der Waals surface area contributed by atoms with Gasteiger partial charge in [-0.15, -0.1) is 5.10 Å². The fraction of sp³-hybridized carbons (Fsp3) is 0.400. The van der Waals surface area contributed by atoms with Crippen LogP contribution in [0.1, 0.15) is 17.7 Å². The van der Waals surface area contributed by atoms with E-state index in [4.69, 9.17) is 0 Å². The molecule has 0 saturated carbocycles. The average molecular weight is 395 g/mol. The van der Waals surface area contributed by atoms with E-state index in [1.54, 1.807) is 13.2 Å². The monoisotopic (exact) mass is 395 g/mol. The number of nitrogens with one attached hydrogen (secondary N) is 1. The third-order valence-corrected chi connectivity index (χ3v) is 5.46. The molecule has 0 aliphatic carbocycles. The van der Waals surface area contributed by atoms with Crippen LogP contribution in [0, 0.1) is 0 Å². The average Bonchev–Trinajstić information content (AvgIpc) is 3.38. The molecule has 1 fully saturated rings. The van der Waals surface area contributed by atoms with Gasteiger partial charge in [0.05, 0.1) is 18.4 Å². The van der Waals surface area contributed by atoms with Gasteiger partial charge >= 0.3 is 5.69 Å². The van der Waals surface area contributed by atoms with Crippen LogP contribution in [-0.2, 0) is 27.2 Å². The van der Waals surface area contributed by atoms with Crippen molar-refractivity contribution in [2.75, 3.05) is 18.0 Å². The molecule has 1 saturated heterocycles. The van der Waals surface area contributed by atoms with Crippen LogP contribution in [0.25, 0.3) is 0 Å². The van der Waals surface area contributed by atoms with Gasteiger partial charge in [0.1, 0.15) is 5.82 Å². The second-order valence-electron chi connectivity index (χ2n) is 7.42. The smallest absolute Gasteiger partial charge is 0.332 e. The summed E-state index contributed by atoms with van der Waals surface area (Å²) in [6, 6.07) is 12.0. The number of benzene rings is 1. The van der Waals surface area contributed by atoms with E-state index >= 15 is 0 Å². The van der Waals surface area contributed by atoms with Crippen LogP contribution in [0.5, 0.6) is 0 Å². The van der Waals surface area contributed by atoms with E-state index < -0.39 is 0 Å². The van der Waals surface area contributed by atoms with E-state index in [-0.39, 0.29) is 17.3 Å². The molecule has 0 spiro atoms. The zero-order valence-electron chi connectivity index (χ0n) is 16.7. The van der Waals surface area contributed by atoms with E-state index in [9.17, 15) is 9.59 Å². The summed E-state index contributed by atoms with van der Waals surface area (Å²) in [5, 5.41) is 11.8. The minimum absolute atomic E-state index is 0.259. The van der Waals surface area contributed by atoms with Crippen molar-refractivity contribution < 1.29 is 0 Å². The Kier molecular flexibility index (Phi) is 5.30. The molecule has 9 nitrogen and oxygen atoms in total. The van der Waals surface area contributed by atoms with Crippen molar-refractivity contribution in [3.63, 3.8) is 0 Å². The number of nitrogens with zero attached hydrogens (tertiary/aromatic N) is 6. The molecule has 1 atom stereocenters. The van der Waals surface area contributed by atoms with Crippen LogP contribution < -0.4 is 21.5 Å². The lowest BCUT2D eigenvalue weighted by Crippen LogP contribution is -2.40. The zero-order chi connectivity index (χ0) is 20.4. The Labute approximate surface area is 168 Å². The zero-order valence-corrected chi connectivity index (χ0v) is 16.7. The SMILES string of the molecule is Cn1c(N2CC[C@@H](NCc3cnnn3Cc3ccccc3)C2)cc(=O)n(C)c1=O. The van der Waals surface area contributed by atoms with Crippen LogP contribution in [0.4, 0.5) is 5.82 Å². The van der Waals surface area contributed by atoms with Crippen LogP contribution in [0.15, 0.2) is 52.2 Å². The molecule has 0 radical (unpaired) electrons. The predicted octanol–water partition coefficient (Wildman–Crippen LogP) is 0.0923. The Bertz CT molecular complexity index is 1100. The van der Waals surface area contributed by atoms with Crippen LogP contribution in [0.3, 0.4) is 0 Å². The molecule has 29 heavy (non-hydrogen) atoms. The molecule has 3 aromatic rings. The highest BCUT2D eigenvalue weighted by molar-refractivity contribution is 5.40. The number of anilines is 1. The molecule has 4 rings (SSSR count). The highest BCUT2D eigenvalue weighted by atomic mass is 16.2. The highest BCUT2D eigenvalue weighted by Crippen LogP contribution is 2.17. The maximum Gasteiger partial charge on any atom is 0.332 e. The third kappa shape index (κ3) is 4.00. The van der Waals surface area contributed by atoms with E-state index in [1.165, 1.54) is 23.2 Å². The Morgan fingerprint density at radius 3 is 2.72 bits per heavy atom. The molecule has 3 heterocycles. The van der Waals surface area contributed by atoms with Crippen molar-refractivity contribution in [1.29, 1.82) is 0 Å². The van der Waals surface area contributed by atoms with E-state index in [0.29, 0.717) is 18.9 Å². The molecule has 1 aliphatic rings. The molecule has 1 aromatic carbocycles. The molecule has 2 aromatic heterocycles. The Hall–Kier alpha value is -3.20. The molecular weight excluding hydrogens is 370 g/mol. The summed E-state index contributed by atoms with van der Waals surface area (Å²) in [5.41, 5.74) is 1.61. The lowest BCUT2D eigenvalue weighted by atomic mass is 10.2. The van der Waals surface area contributed by atoms with Gasteiger partial charge in [-0.3, -0.25) is 13.9 Å². The minimum Gasteiger partial charge on any atom is -0.356 e. The summed E-state index contributed by atoms with van der Waals surface area (Å²) in [6.07, 6.45) is 2.72. The molecule has 1 N–H and O–H groups in total. The summed E-state index contributed by atoms with van der Waals surface area (Å²) in [4.78, 5) is 26.3. The summed E-state index contributed by atoms with van der Waals surface area (Å²) in [7, 11) is 3.20. The first kappa shape index (κ1) is 19.1. The fourth-order valence-electron chi connectivity index (χ4n) is 3.71. The van der Waals surface area contributed by atoms with Crippen LogP contribution >= 0.6 is 0 Å². The van der Waals surface area contributed by atoms with Gasteiger partial charge in [0, 0.05) is 45.8 Å². The van der Waals surface area contributed by atoms with Gasteiger partial charge in [0.15, 0.2) is 0 Å². The molecular formula is C20H25N7O2. The van der Waals surface area contributed by atoms with Crippen LogP contribution in [-0.4, -0.2) is 43.3 Å². The predicted molar refractivity (Wildman–Crippen MR) is 110 cm³/mol. The number of hydrogen-bond acceptors (Lipinski definition) is 6. The van der Waals surface area contributed by atoms with Gasteiger partial charge in [-0.05, 0) is 12.0 Å². The Morgan fingerprint density at radius 2 is 1.93 bits per heavy atom. The molecule has 1 aliphatic heterocycles. The molecule has 0 unspecified atom stereocenters. The Morgan fingerprint density at radius 1 is 1.14 bits per heavy atom. The van der Waals surface area contributed by atoms with E-state index in [0.717, 1.165) is 29.8 Å². The van der Waals surface area contributed by atoms with Gasteiger partial charge in [-0.25, -0.2) is 9.48 Å². The fourth-order valence-corrected chi connectivity index (χ4v) is 3.71. The first-order valence-electron chi connectivity index (χ1n) is 9.69. The maximum atomic E-state index is 12.2. The van der Waals surface area contributed by atoms with Crippen molar-refractivity contribution in [1.82, 2.24) is 29.4 Å². The molecule has 0 bridgehead atoms. The number of hydrogen-bond donors (Lipinski definition) is 1. The van der Waals surface area contributed by atoms with Gasteiger partial charge in [0.25, 0.3) is 5.56 Å². The van der Waals surface area contributed by atoms with Gasteiger partial charge in [-0.1, -0.05) is 35.5 Å². The quantitative estimate of drug-likeness (QED) is 0.636. The maximum absolute atomic E-state index is 12.2. The van der Waals surface area contributed by atoms with E-state index in [2.05, 4.69) is 32.7 Å². The highest BCUT2D eigenvalue weighted by Gasteiger charge is 2.25. The summed E-state index contributed by atoms with van der Waals surface area (Å²) in [5.74, 6) is 0.665. The van der Waals surface area contributed by atoms with Crippen molar-refractivity contribution in [3.05, 3.63) is 74.7 Å². The van der Waals surface area contributed by atoms with Crippen molar-refractivity contribution in [2.45, 2.75) is 25.6 Å². The minimum atomic E-state index is -0.306. The van der Waals surface area contributed by atoms with Gasteiger partial charge in [0.2, 0.25) is 0 Å². The molecule has 0 amide bonds. The van der Waals surface area contributed by atoms with Crippen LogP contribution in [0.2, 0.25) is 0 Å². The lowest BCUT2D eigenvalue weighted by Gasteiger charge is -2.21. The summed E-state index contributed by atoms with van der Waals surface area (Å²) >= 11 is 0. The lowest BCUT2D eigenvalue weighted by molar-refractivity contribution is 0.519. The van der Waals surface area contributed by atoms with Gasteiger partial charge in [-0.2, -0.15) is 0 Å². The number of aromatic nitrogens is 5. The summed E-state index contributed by atoms with van der Waals surface area (Å²) < 4.78 is 4.55. The molecule has 152 valence electrons. The van der Waals surface area contributed by atoms with Gasteiger partial charge < -0.3 is 10.2 Å². The van der Waals surface area contributed by atoms with Crippen molar-refractivity contribution in [3.8, 4) is 0 Å². The second kappa shape index (κ2) is 8.04. The van der Waals surface area contributed by atoms with Crippen molar-refractivity contribution in [2.24, 2.45) is 14.1 Å². The van der Waals surface area contributed by atoms with E-state index in [1.807, 2.05) is 22.9 Å². The molecule has 9 heteroatoms. The summed E-state index contributed by atoms with van der Waals surface area (Å²) in [6.45, 7) is 2.87. The topological polar surface area (TPSA) is 90.0 Å². The first-order valence-corrected chi connectivity index (χ1v) is 9.69. The first-order chi connectivity index (χ1) is 14.0. The second-order valence-corrected chi connectivity index (χ2v) is 7.42. The largest absolute Gasteiger partial charge is 0.356 e.